The minimum atomic E-state index is -0.117. The molecule has 21 heavy (non-hydrogen) atoms. The maximum Gasteiger partial charge on any atom is 0.123 e. The van der Waals surface area contributed by atoms with Gasteiger partial charge in [0.25, 0.3) is 0 Å². The molecule has 0 radical (unpaired) electrons. The number of hydrogen-bond acceptors (Lipinski definition) is 1. The Kier molecular flexibility index (Phi) is 5.08. The molecule has 0 aromatic heterocycles. The Hall–Kier alpha value is -0.890. The van der Waals surface area contributed by atoms with Gasteiger partial charge in [-0.3, -0.25) is 0 Å². The van der Waals surface area contributed by atoms with Crippen LogP contribution in [0.2, 0.25) is 0 Å². The van der Waals surface area contributed by atoms with Crippen LogP contribution in [-0.4, -0.2) is 6.54 Å². The Morgan fingerprint density at radius 2 is 1.90 bits per heavy atom. The van der Waals surface area contributed by atoms with Gasteiger partial charge < -0.3 is 5.32 Å². The van der Waals surface area contributed by atoms with Crippen molar-refractivity contribution in [3.05, 3.63) is 34.6 Å². The zero-order valence-corrected chi connectivity index (χ0v) is 14.2. The van der Waals surface area contributed by atoms with Crippen molar-refractivity contribution in [3.63, 3.8) is 0 Å². The number of halogens is 1. The predicted octanol–water partition coefficient (Wildman–Crippen LogP) is 5.31. The van der Waals surface area contributed by atoms with Gasteiger partial charge in [-0.15, -0.1) is 0 Å². The van der Waals surface area contributed by atoms with Crippen molar-refractivity contribution >= 4 is 0 Å². The highest BCUT2D eigenvalue weighted by atomic mass is 19.1. The van der Waals surface area contributed by atoms with E-state index < -0.39 is 0 Å². The molecular weight excluding hydrogens is 261 g/mol. The molecule has 1 aliphatic carbocycles. The lowest BCUT2D eigenvalue weighted by Gasteiger charge is -2.36. The maximum atomic E-state index is 13.6. The molecule has 0 heterocycles. The van der Waals surface area contributed by atoms with Crippen LogP contribution in [0.3, 0.4) is 0 Å². The van der Waals surface area contributed by atoms with Crippen LogP contribution in [-0.2, 0) is 0 Å². The van der Waals surface area contributed by atoms with Gasteiger partial charge >= 0.3 is 0 Å². The molecule has 1 fully saturated rings. The average Bonchev–Trinajstić information content (AvgIpc) is 2.72. The fourth-order valence-electron chi connectivity index (χ4n) is 4.13. The van der Waals surface area contributed by atoms with Crippen LogP contribution in [0.5, 0.6) is 0 Å². The Morgan fingerprint density at radius 1 is 1.29 bits per heavy atom. The van der Waals surface area contributed by atoms with Gasteiger partial charge in [-0.2, -0.15) is 0 Å². The van der Waals surface area contributed by atoms with E-state index in [9.17, 15) is 4.39 Å². The summed E-state index contributed by atoms with van der Waals surface area (Å²) in [6.45, 7) is 12.1. The molecule has 2 unspecified atom stereocenters. The summed E-state index contributed by atoms with van der Waals surface area (Å²) >= 11 is 0. The molecule has 0 saturated heterocycles. The third kappa shape index (κ3) is 3.48. The molecule has 1 aliphatic rings. The van der Waals surface area contributed by atoms with E-state index >= 15 is 0 Å². The third-order valence-electron chi connectivity index (χ3n) is 5.23. The molecule has 0 spiro atoms. The Labute approximate surface area is 129 Å². The van der Waals surface area contributed by atoms with E-state index in [-0.39, 0.29) is 5.82 Å². The van der Waals surface area contributed by atoms with Gasteiger partial charge in [-0.05, 0) is 79.8 Å². The highest BCUT2D eigenvalue weighted by molar-refractivity contribution is 5.37. The van der Waals surface area contributed by atoms with Gasteiger partial charge in [0, 0.05) is 6.04 Å². The summed E-state index contributed by atoms with van der Waals surface area (Å²) in [5.74, 6) is 0.514. The highest BCUT2D eigenvalue weighted by Gasteiger charge is 2.40. The smallest absolute Gasteiger partial charge is 0.123 e. The second-order valence-corrected chi connectivity index (χ2v) is 7.37. The lowest BCUT2D eigenvalue weighted by molar-refractivity contribution is 0.197. The Bertz CT molecular complexity index is 469. The summed E-state index contributed by atoms with van der Waals surface area (Å²) in [6.07, 6.45) is 5.00. The molecule has 2 rings (SSSR count). The molecule has 1 nitrogen and oxygen atoms in total. The lowest BCUT2D eigenvalue weighted by Crippen LogP contribution is -2.35. The van der Waals surface area contributed by atoms with Crippen molar-refractivity contribution in [3.8, 4) is 0 Å². The molecule has 1 N–H and O–H groups in total. The second kappa shape index (κ2) is 6.48. The van der Waals surface area contributed by atoms with Crippen molar-refractivity contribution in [1.82, 2.24) is 5.32 Å². The standard InChI is InChI=1S/C19H30FN/c1-6-10-21-18(16-8-7-9-19(16,4)5)17-13(2)11-15(20)12-14(17)3/h11-12,16,18,21H,6-10H2,1-5H3. The molecule has 2 heteroatoms. The quantitative estimate of drug-likeness (QED) is 0.775. The van der Waals surface area contributed by atoms with Gasteiger partial charge in [0.15, 0.2) is 0 Å². The zero-order valence-electron chi connectivity index (χ0n) is 14.2. The predicted molar refractivity (Wildman–Crippen MR) is 88.0 cm³/mol. The topological polar surface area (TPSA) is 12.0 Å². The van der Waals surface area contributed by atoms with Gasteiger partial charge in [-0.25, -0.2) is 4.39 Å². The largest absolute Gasteiger partial charge is 0.310 e. The number of nitrogens with one attached hydrogen (secondary N) is 1. The molecule has 1 saturated carbocycles. The summed E-state index contributed by atoms with van der Waals surface area (Å²) in [6, 6.07) is 3.72. The van der Waals surface area contributed by atoms with E-state index in [1.807, 2.05) is 13.8 Å². The summed E-state index contributed by atoms with van der Waals surface area (Å²) in [4.78, 5) is 0. The van der Waals surface area contributed by atoms with E-state index in [1.165, 1.54) is 24.8 Å². The molecule has 2 atom stereocenters. The normalized spacial score (nSPS) is 22.5. The van der Waals surface area contributed by atoms with Crippen LogP contribution in [0.15, 0.2) is 12.1 Å². The summed E-state index contributed by atoms with van der Waals surface area (Å²) in [7, 11) is 0. The summed E-state index contributed by atoms with van der Waals surface area (Å²) < 4.78 is 13.6. The van der Waals surface area contributed by atoms with Gasteiger partial charge in [0.2, 0.25) is 0 Å². The number of aryl methyl sites for hydroxylation is 2. The van der Waals surface area contributed by atoms with Crippen LogP contribution >= 0.6 is 0 Å². The summed E-state index contributed by atoms with van der Waals surface area (Å²) in [5, 5.41) is 3.76. The Morgan fingerprint density at radius 3 is 2.38 bits per heavy atom. The fourth-order valence-corrected chi connectivity index (χ4v) is 4.13. The van der Waals surface area contributed by atoms with Gasteiger partial charge in [0.05, 0.1) is 0 Å². The van der Waals surface area contributed by atoms with Gasteiger partial charge in [-0.1, -0.05) is 27.2 Å². The molecule has 118 valence electrons. The SMILES string of the molecule is CCCNC(c1c(C)cc(F)cc1C)C1CCCC1(C)C. The zero-order chi connectivity index (χ0) is 15.6. The van der Waals surface area contributed by atoms with Crippen LogP contribution in [0, 0.1) is 31.0 Å². The third-order valence-corrected chi connectivity index (χ3v) is 5.23. The number of rotatable bonds is 5. The van der Waals surface area contributed by atoms with E-state index in [0.29, 0.717) is 17.4 Å². The monoisotopic (exact) mass is 291 g/mol. The summed E-state index contributed by atoms with van der Waals surface area (Å²) in [5.41, 5.74) is 3.86. The average molecular weight is 291 g/mol. The number of hydrogen-bond donors (Lipinski definition) is 1. The van der Waals surface area contributed by atoms with E-state index in [4.69, 9.17) is 0 Å². The van der Waals surface area contributed by atoms with E-state index in [2.05, 4.69) is 26.1 Å². The fraction of sp³-hybridized carbons (Fsp3) is 0.684. The first-order chi connectivity index (χ1) is 9.86. The molecular formula is C19H30FN. The molecule has 0 aliphatic heterocycles. The van der Waals surface area contributed by atoms with Crippen molar-refractivity contribution in [2.75, 3.05) is 6.54 Å². The Balaban J connectivity index is 2.41. The van der Waals surface area contributed by atoms with E-state index in [1.54, 1.807) is 12.1 Å². The molecule has 1 aromatic carbocycles. The van der Waals surface area contributed by atoms with Crippen LogP contribution in [0.4, 0.5) is 4.39 Å². The lowest BCUT2D eigenvalue weighted by atomic mass is 9.74. The molecule has 0 amide bonds. The first-order valence-electron chi connectivity index (χ1n) is 8.37. The van der Waals surface area contributed by atoms with Crippen molar-refractivity contribution in [2.24, 2.45) is 11.3 Å². The molecule has 1 aromatic rings. The van der Waals surface area contributed by atoms with Crippen LogP contribution in [0.25, 0.3) is 0 Å². The van der Waals surface area contributed by atoms with Crippen molar-refractivity contribution < 1.29 is 4.39 Å². The second-order valence-electron chi connectivity index (χ2n) is 7.37. The van der Waals surface area contributed by atoms with Crippen molar-refractivity contribution in [2.45, 2.75) is 66.3 Å². The first-order valence-corrected chi connectivity index (χ1v) is 8.37. The maximum absolute atomic E-state index is 13.6. The van der Waals surface area contributed by atoms with Crippen LogP contribution < -0.4 is 5.32 Å². The minimum Gasteiger partial charge on any atom is -0.310 e. The molecule has 0 bridgehead atoms. The minimum absolute atomic E-state index is 0.117. The van der Waals surface area contributed by atoms with E-state index in [0.717, 1.165) is 24.1 Å². The first kappa shape index (κ1) is 16.5. The van der Waals surface area contributed by atoms with Crippen LogP contribution in [0.1, 0.15) is 69.2 Å². The highest BCUT2D eigenvalue weighted by Crippen LogP contribution is 2.49. The number of benzene rings is 1. The van der Waals surface area contributed by atoms with Gasteiger partial charge in [0.1, 0.15) is 5.82 Å². The van der Waals surface area contributed by atoms with Crippen molar-refractivity contribution in [1.29, 1.82) is 0 Å².